The Kier molecular flexibility index (Phi) is 6.49. The minimum absolute atomic E-state index is 0.0137. The van der Waals surface area contributed by atoms with E-state index in [0.717, 1.165) is 19.4 Å². The molecule has 0 aliphatic rings. The van der Waals surface area contributed by atoms with Crippen molar-refractivity contribution in [2.24, 2.45) is 10.8 Å². The second-order valence-corrected chi connectivity index (χ2v) is 7.41. The largest absolute Gasteiger partial charge is 0.481 e. The molecule has 0 radical (unpaired) electrons. The van der Waals surface area contributed by atoms with E-state index in [2.05, 4.69) is 0 Å². The fourth-order valence-electron chi connectivity index (χ4n) is 2.39. The maximum atomic E-state index is 12.9. The van der Waals surface area contributed by atoms with Crippen molar-refractivity contribution in [2.75, 3.05) is 0 Å². The Balaban J connectivity index is 2.86. The first kappa shape index (κ1) is 22.0. The fraction of sp³-hybridized carbons (Fsp3) is 0.579. The van der Waals surface area contributed by atoms with Gasteiger partial charge in [-0.1, -0.05) is 26.0 Å². The van der Waals surface area contributed by atoms with Crippen LogP contribution in [0, 0.1) is 10.8 Å². The highest BCUT2D eigenvalue weighted by Gasteiger charge is 2.54. The van der Waals surface area contributed by atoms with Gasteiger partial charge in [-0.3, -0.25) is 9.59 Å². The molecule has 0 bridgehead atoms. The number of hydrogen-bond donors (Lipinski definition) is 1. The average Bonchev–Trinajstić information content (AvgIpc) is 2.53. The molecule has 0 aromatic heterocycles. The predicted octanol–water partition coefficient (Wildman–Crippen LogP) is 5.18. The molecular weight excluding hydrogens is 349 g/mol. The van der Waals surface area contributed by atoms with Gasteiger partial charge in [-0.15, -0.1) is 0 Å². The summed E-state index contributed by atoms with van der Waals surface area (Å²) in [4.78, 5) is 23.2. The van der Waals surface area contributed by atoms with Crippen LogP contribution in [0.25, 0.3) is 0 Å². The van der Waals surface area contributed by atoms with Crippen LogP contribution in [0.3, 0.4) is 0 Å². The Morgan fingerprint density at radius 2 is 1.62 bits per heavy atom. The van der Waals surface area contributed by atoms with Crippen LogP contribution in [0.5, 0.6) is 5.75 Å². The van der Waals surface area contributed by atoms with E-state index in [-0.39, 0.29) is 11.7 Å². The molecule has 0 fully saturated rings. The normalized spacial score (nSPS) is 15.8. The number of carbonyl (C=O) groups is 2. The molecule has 1 N–H and O–H groups in total. The molecular formula is C19H25F3O4. The lowest BCUT2D eigenvalue weighted by atomic mass is 9.77. The molecule has 0 heterocycles. The van der Waals surface area contributed by atoms with Crippen molar-refractivity contribution in [3.05, 3.63) is 29.8 Å². The Bertz CT molecular complexity index is 650. The lowest BCUT2D eigenvalue weighted by Crippen LogP contribution is -2.42. The van der Waals surface area contributed by atoms with Gasteiger partial charge in [-0.25, -0.2) is 0 Å². The van der Waals surface area contributed by atoms with Crippen LogP contribution in [0.1, 0.15) is 58.9 Å². The molecule has 146 valence electrons. The number of carboxylic acids is 1. The summed E-state index contributed by atoms with van der Waals surface area (Å²) in [6.07, 6.45) is -3.81. The molecule has 0 aliphatic heterocycles. The first-order valence-corrected chi connectivity index (χ1v) is 8.37. The number of rotatable bonds is 7. The van der Waals surface area contributed by atoms with Crippen molar-refractivity contribution < 1.29 is 32.6 Å². The highest BCUT2D eigenvalue weighted by molar-refractivity contribution is 5.79. The SMILES string of the molecule is CCC(C)(CC(C)c1ccc(OC(=O)C(C)(C)C(F)(F)F)cc1)C(=O)O. The summed E-state index contributed by atoms with van der Waals surface area (Å²) in [7, 11) is 0. The van der Waals surface area contributed by atoms with E-state index in [4.69, 9.17) is 4.74 Å². The minimum Gasteiger partial charge on any atom is -0.481 e. The van der Waals surface area contributed by atoms with Gasteiger partial charge in [0.15, 0.2) is 5.41 Å². The first-order valence-electron chi connectivity index (χ1n) is 8.37. The molecule has 7 heteroatoms. The second kappa shape index (κ2) is 7.68. The third-order valence-corrected chi connectivity index (χ3v) is 4.93. The van der Waals surface area contributed by atoms with Crippen molar-refractivity contribution in [1.29, 1.82) is 0 Å². The quantitative estimate of drug-likeness (QED) is 0.528. The zero-order valence-electron chi connectivity index (χ0n) is 15.6. The fourth-order valence-corrected chi connectivity index (χ4v) is 2.39. The van der Waals surface area contributed by atoms with E-state index in [0.29, 0.717) is 12.8 Å². The predicted molar refractivity (Wildman–Crippen MR) is 91.0 cm³/mol. The van der Waals surface area contributed by atoms with Gasteiger partial charge < -0.3 is 9.84 Å². The number of aliphatic carboxylic acids is 1. The van der Waals surface area contributed by atoms with Crippen LogP contribution < -0.4 is 4.74 Å². The number of hydrogen-bond acceptors (Lipinski definition) is 3. The Morgan fingerprint density at radius 3 is 2.00 bits per heavy atom. The van der Waals surface area contributed by atoms with Crippen LogP contribution in [0.15, 0.2) is 24.3 Å². The Hall–Kier alpha value is -2.05. The van der Waals surface area contributed by atoms with Gasteiger partial charge in [0, 0.05) is 0 Å². The molecule has 2 unspecified atom stereocenters. The third kappa shape index (κ3) is 4.77. The van der Waals surface area contributed by atoms with Crippen molar-refractivity contribution >= 4 is 11.9 Å². The van der Waals surface area contributed by atoms with Crippen LogP contribution in [-0.2, 0) is 9.59 Å². The average molecular weight is 374 g/mol. The summed E-state index contributed by atoms with van der Waals surface area (Å²) in [6, 6.07) is 6.10. The highest BCUT2D eigenvalue weighted by Crippen LogP contribution is 2.39. The van der Waals surface area contributed by atoms with E-state index < -0.39 is 28.9 Å². The summed E-state index contributed by atoms with van der Waals surface area (Å²) in [6.45, 7) is 6.91. The molecule has 0 spiro atoms. The summed E-state index contributed by atoms with van der Waals surface area (Å²) < 4.78 is 43.4. The van der Waals surface area contributed by atoms with Crippen molar-refractivity contribution in [1.82, 2.24) is 0 Å². The van der Waals surface area contributed by atoms with Gasteiger partial charge in [0.05, 0.1) is 5.41 Å². The maximum absolute atomic E-state index is 12.9. The number of carboxylic acid groups (broad SMARTS) is 1. The zero-order chi connectivity index (χ0) is 20.3. The molecule has 0 saturated carbocycles. The van der Waals surface area contributed by atoms with Gasteiger partial charge >= 0.3 is 18.1 Å². The van der Waals surface area contributed by atoms with Crippen LogP contribution >= 0.6 is 0 Å². The molecule has 1 aromatic rings. The second-order valence-electron chi connectivity index (χ2n) is 7.41. The molecule has 4 nitrogen and oxygen atoms in total. The van der Waals surface area contributed by atoms with Crippen molar-refractivity contribution in [2.45, 2.75) is 59.6 Å². The molecule has 0 saturated heterocycles. The van der Waals surface area contributed by atoms with E-state index in [1.165, 1.54) is 12.1 Å². The summed E-state index contributed by atoms with van der Waals surface area (Å²) >= 11 is 0. The molecule has 0 aliphatic carbocycles. The molecule has 0 amide bonds. The standard InChI is InChI=1S/C19H25F3O4/c1-6-18(5,15(23)24)11-12(2)13-7-9-14(10-8-13)26-16(25)17(3,4)19(20,21)22/h7-10,12H,6,11H2,1-5H3,(H,23,24). The Labute approximate surface area is 151 Å². The number of esters is 1. The minimum atomic E-state index is -4.71. The Morgan fingerprint density at radius 1 is 1.12 bits per heavy atom. The van der Waals surface area contributed by atoms with E-state index >= 15 is 0 Å². The lowest BCUT2D eigenvalue weighted by molar-refractivity contribution is -0.219. The van der Waals surface area contributed by atoms with E-state index in [9.17, 15) is 27.9 Å². The van der Waals surface area contributed by atoms with Crippen molar-refractivity contribution in [3.63, 3.8) is 0 Å². The van der Waals surface area contributed by atoms with Gasteiger partial charge in [0.2, 0.25) is 0 Å². The zero-order valence-corrected chi connectivity index (χ0v) is 15.6. The topological polar surface area (TPSA) is 63.6 Å². The number of ether oxygens (including phenoxy) is 1. The first-order chi connectivity index (χ1) is 11.7. The van der Waals surface area contributed by atoms with E-state index in [1.54, 1.807) is 19.1 Å². The molecule has 26 heavy (non-hydrogen) atoms. The van der Waals surface area contributed by atoms with E-state index in [1.807, 2.05) is 13.8 Å². The number of halogens is 3. The molecule has 1 aromatic carbocycles. The summed E-state index contributed by atoms with van der Waals surface area (Å²) in [5, 5.41) is 9.36. The van der Waals surface area contributed by atoms with Crippen LogP contribution in [-0.4, -0.2) is 23.2 Å². The number of carbonyl (C=O) groups excluding carboxylic acids is 1. The van der Waals surface area contributed by atoms with Gasteiger partial charge in [-0.05, 0) is 57.2 Å². The summed E-state index contributed by atoms with van der Waals surface area (Å²) in [5.74, 6) is -2.31. The monoisotopic (exact) mass is 374 g/mol. The molecule has 1 rings (SSSR count). The summed E-state index contributed by atoms with van der Waals surface area (Å²) in [5.41, 5.74) is -2.65. The highest BCUT2D eigenvalue weighted by atomic mass is 19.4. The van der Waals surface area contributed by atoms with Gasteiger partial charge in [0.1, 0.15) is 5.75 Å². The molecule has 2 atom stereocenters. The number of alkyl halides is 3. The van der Waals surface area contributed by atoms with Crippen LogP contribution in [0.4, 0.5) is 13.2 Å². The van der Waals surface area contributed by atoms with Gasteiger partial charge in [0.25, 0.3) is 0 Å². The maximum Gasteiger partial charge on any atom is 0.404 e. The van der Waals surface area contributed by atoms with Crippen LogP contribution in [0.2, 0.25) is 0 Å². The smallest absolute Gasteiger partial charge is 0.404 e. The van der Waals surface area contributed by atoms with Gasteiger partial charge in [-0.2, -0.15) is 13.2 Å². The number of benzene rings is 1. The van der Waals surface area contributed by atoms with Crippen molar-refractivity contribution in [3.8, 4) is 5.75 Å². The lowest BCUT2D eigenvalue weighted by Gasteiger charge is -2.27. The third-order valence-electron chi connectivity index (χ3n) is 4.93.